The van der Waals surface area contributed by atoms with E-state index in [1.807, 2.05) is 25.1 Å². The molecule has 5 nitrogen and oxygen atoms in total. The molecular formula is C15H16N2O3. The van der Waals surface area contributed by atoms with Gasteiger partial charge in [-0.15, -0.1) is 0 Å². The van der Waals surface area contributed by atoms with Crippen molar-refractivity contribution in [1.29, 1.82) is 0 Å². The average molecular weight is 272 g/mol. The van der Waals surface area contributed by atoms with Gasteiger partial charge in [-0.1, -0.05) is 6.07 Å². The molecule has 20 heavy (non-hydrogen) atoms. The molecule has 2 N–H and O–H groups in total. The van der Waals surface area contributed by atoms with Crippen LogP contribution in [0.1, 0.15) is 21.7 Å². The first-order chi connectivity index (χ1) is 9.60. The number of ether oxygens (including phenoxy) is 1. The van der Waals surface area contributed by atoms with Crippen molar-refractivity contribution >= 4 is 5.91 Å². The standard InChI is InChI=1S/C15H16N2O3/c1-10-4-3-5-11(17-10)9-16-15(19)13-7-6-12(20-2)8-14(13)18/h3-8,18H,9H2,1-2H3,(H,16,19). The van der Waals surface area contributed by atoms with Crippen molar-refractivity contribution in [3.8, 4) is 11.5 Å². The summed E-state index contributed by atoms with van der Waals surface area (Å²) in [6.45, 7) is 2.20. The van der Waals surface area contributed by atoms with Gasteiger partial charge in [0.25, 0.3) is 5.91 Å². The number of hydrogen-bond acceptors (Lipinski definition) is 4. The van der Waals surface area contributed by atoms with E-state index in [0.29, 0.717) is 12.3 Å². The van der Waals surface area contributed by atoms with Crippen molar-refractivity contribution in [3.63, 3.8) is 0 Å². The highest BCUT2D eigenvalue weighted by atomic mass is 16.5. The van der Waals surface area contributed by atoms with Crippen LogP contribution in [-0.4, -0.2) is 23.1 Å². The van der Waals surface area contributed by atoms with Crippen LogP contribution in [0, 0.1) is 6.92 Å². The van der Waals surface area contributed by atoms with E-state index in [4.69, 9.17) is 4.74 Å². The number of methoxy groups -OCH3 is 1. The van der Waals surface area contributed by atoms with Gasteiger partial charge < -0.3 is 15.2 Å². The number of rotatable bonds is 4. The monoisotopic (exact) mass is 272 g/mol. The number of carbonyl (C=O) groups is 1. The van der Waals surface area contributed by atoms with Crippen LogP contribution in [0.5, 0.6) is 11.5 Å². The molecule has 0 atom stereocenters. The van der Waals surface area contributed by atoms with Crippen LogP contribution in [0.2, 0.25) is 0 Å². The van der Waals surface area contributed by atoms with Crippen LogP contribution >= 0.6 is 0 Å². The maximum Gasteiger partial charge on any atom is 0.255 e. The van der Waals surface area contributed by atoms with Gasteiger partial charge in [-0.2, -0.15) is 0 Å². The van der Waals surface area contributed by atoms with Crippen molar-refractivity contribution in [3.05, 3.63) is 53.3 Å². The van der Waals surface area contributed by atoms with Crippen LogP contribution in [0.3, 0.4) is 0 Å². The molecule has 0 fully saturated rings. The smallest absolute Gasteiger partial charge is 0.255 e. The lowest BCUT2D eigenvalue weighted by Gasteiger charge is -2.08. The molecule has 0 saturated carbocycles. The number of phenolic OH excluding ortho intramolecular Hbond substituents is 1. The summed E-state index contributed by atoms with van der Waals surface area (Å²) in [7, 11) is 1.50. The van der Waals surface area contributed by atoms with Crippen molar-refractivity contribution in [2.45, 2.75) is 13.5 Å². The van der Waals surface area contributed by atoms with Gasteiger partial charge in [0, 0.05) is 11.8 Å². The second-order valence-corrected chi connectivity index (χ2v) is 4.34. The number of hydrogen-bond donors (Lipinski definition) is 2. The summed E-state index contributed by atoms with van der Waals surface area (Å²) in [6, 6.07) is 10.2. The first kappa shape index (κ1) is 13.9. The number of nitrogens with one attached hydrogen (secondary N) is 1. The van der Waals surface area contributed by atoms with Crippen molar-refractivity contribution in [1.82, 2.24) is 10.3 Å². The number of aryl methyl sites for hydroxylation is 1. The molecule has 0 bridgehead atoms. The molecule has 0 spiro atoms. The Labute approximate surface area is 117 Å². The SMILES string of the molecule is COc1ccc(C(=O)NCc2cccc(C)n2)c(O)c1. The molecule has 2 aromatic rings. The van der Waals surface area contributed by atoms with Crippen LogP contribution in [-0.2, 0) is 6.54 Å². The lowest BCUT2D eigenvalue weighted by Crippen LogP contribution is -2.23. The summed E-state index contributed by atoms with van der Waals surface area (Å²) in [5.41, 5.74) is 1.87. The molecular weight excluding hydrogens is 256 g/mol. The normalized spacial score (nSPS) is 10.1. The van der Waals surface area contributed by atoms with E-state index in [9.17, 15) is 9.90 Å². The van der Waals surface area contributed by atoms with Crippen LogP contribution in [0.15, 0.2) is 36.4 Å². The Morgan fingerprint density at radius 2 is 2.15 bits per heavy atom. The molecule has 0 aliphatic rings. The zero-order valence-corrected chi connectivity index (χ0v) is 11.4. The molecule has 5 heteroatoms. The summed E-state index contributed by atoms with van der Waals surface area (Å²) < 4.78 is 4.97. The van der Waals surface area contributed by atoms with E-state index in [1.165, 1.54) is 19.2 Å². The molecule has 104 valence electrons. The van der Waals surface area contributed by atoms with Gasteiger partial charge in [0.15, 0.2) is 0 Å². The third-order valence-electron chi connectivity index (χ3n) is 2.83. The molecule has 0 unspecified atom stereocenters. The Balaban J connectivity index is 2.05. The molecule has 0 radical (unpaired) electrons. The number of nitrogens with zero attached hydrogens (tertiary/aromatic N) is 1. The largest absolute Gasteiger partial charge is 0.507 e. The second-order valence-electron chi connectivity index (χ2n) is 4.34. The van der Waals surface area contributed by atoms with Gasteiger partial charge in [0.05, 0.1) is 24.9 Å². The van der Waals surface area contributed by atoms with Gasteiger partial charge in [-0.05, 0) is 31.2 Å². The van der Waals surface area contributed by atoms with Crippen molar-refractivity contribution in [2.24, 2.45) is 0 Å². The Morgan fingerprint density at radius 1 is 1.35 bits per heavy atom. The number of benzene rings is 1. The highest BCUT2D eigenvalue weighted by Gasteiger charge is 2.11. The molecule has 1 aromatic carbocycles. The Morgan fingerprint density at radius 3 is 2.80 bits per heavy atom. The van der Waals surface area contributed by atoms with Crippen LogP contribution in [0.25, 0.3) is 0 Å². The zero-order chi connectivity index (χ0) is 14.5. The maximum absolute atomic E-state index is 12.0. The highest BCUT2D eigenvalue weighted by Crippen LogP contribution is 2.23. The Kier molecular flexibility index (Phi) is 4.20. The number of phenols is 1. The highest BCUT2D eigenvalue weighted by molar-refractivity contribution is 5.96. The molecule has 0 aliphatic heterocycles. The molecule has 0 aliphatic carbocycles. The fourth-order valence-corrected chi connectivity index (χ4v) is 1.79. The first-order valence-corrected chi connectivity index (χ1v) is 6.18. The summed E-state index contributed by atoms with van der Waals surface area (Å²) in [6.07, 6.45) is 0. The van der Waals surface area contributed by atoms with Gasteiger partial charge in [0.1, 0.15) is 11.5 Å². The predicted octanol–water partition coefficient (Wildman–Crippen LogP) is 2.03. The summed E-state index contributed by atoms with van der Waals surface area (Å²) in [5, 5.41) is 12.5. The lowest BCUT2D eigenvalue weighted by molar-refractivity contribution is 0.0947. The summed E-state index contributed by atoms with van der Waals surface area (Å²) >= 11 is 0. The van der Waals surface area contributed by atoms with Gasteiger partial charge >= 0.3 is 0 Å². The summed E-state index contributed by atoms with van der Waals surface area (Å²) in [5.74, 6) is 0.0342. The third kappa shape index (κ3) is 3.26. The molecule has 2 rings (SSSR count). The molecule has 0 saturated heterocycles. The number of aromatic nitrogens is 1. The van der Waals surface area contributed by atoms with E-state index >= 15 is 0 Å². The van der Waals surface area contributed by atoms with Gasteiger partial charge in [-0.25, -0.2) is 0 Å². The fourth-order valence-electron chi connectivity index (χ4n) is 1.79. The minimum Gasteiger partial charge on any atom is -0.507 e. The van der Waals surface area contributed by atoms with E-state index in [2.05, 4.69) is 10.3 Å². The topological polar surface area (TPSA) is 71.5 Å². The van der Waals surface area contributed by atoms with E-state index in [0.717, 1.165) is 11.4 Å². The lowest BCUT2D eigenvalue weighted by atomic mass is 10.1. The predicted molar refractivity (Wildman–Crippen MR) is 74.8 cm³/mol. The molecule has 1 aromatic heterocycles. The number of pyridine rings is 1. The van der Waals surface area contributed by atoms with Gasteiger partial charge in [0.2, 0.25) is 0 Å². The van der Waals surface area contributed by atoms with Crippen LogP contribution < -0.4 is 10.1 Å². The third-order valence-corrected chi connectivity index (χ3v) is 2.83. The second kappa shape index (κ2) is 6.06. The Bertz CT molecular complexity index is 626. The minimum absolute atomic E-state index is 0.112. The minimum atomic E-state index is -0.353. The zero-order valence-electron chi connectivity index (χ0n) is 11.4. The van der Waals surface area contributed by atoms with Crippen molar-refractivity contribution < 1.29 is 14.6 Å². The fraction of sp³-hybridized carbons (Fsp3) is 0.200. The molecule has 1 amide bonds. The number of carbonyl (C=O) groups excluding carboxylic acids is 1. The average Bonchev–Trinajstić information content (AvgIpc) is 2.44. The van der Waals surface area contributed by atoms with E-state index in [-0.39, 0.29) is 17.2 Å². The maximum atomic E-state index is 12.0. The number of amides is 1. The van der Waals surface area contributed by atoms with E-state index in [1.54, 1.807) is 6.07 Å². The Hall–Kier alpha value is -2.56. The van der Waals surface area contributed by atoms with Crippen molar-refractivity contribution in [2.75, 3.05) is 7.11 Å². The van der Waals surface area contributed by atoms with Gasteiger partial charge in [-0.3, -0.25) is 9.78 Å². The number of aromatic hydroxyl groups is 1. The summed E-state index contributed by atoms with van der Waals surface area (Å²) in [4.78, 5) is 16.3. The first-order valence-electron chi connectivity index (χ1n) is 6.18. The quantitative estimate of drug-likeness (QED) is 0.893. The molecule has 1 heterocycles. The van der Waals surface area contributed by atoms with Crippen LogP contribution in [0.4, 0.5) is 0 Å². The van der Waals surface area contributed by atoms with E-state index < -0.39 is 0 Å².